The Morgan fingerprint density at radius 3 is 2.56 bits per heavy atom. The topological polar surface area (TPSA) is 41.1 Å². The molecule has 1 heterocycles. The summed E-state index contributed by atoms with van der Waals surface area (Å²) in [5.74, 6) is 0.562. The van der Waals surface area contributed by atoms with E-state index in [4.69, 9.17) is 0 Å². The van der Waals surface area contributed by atoms with Crippen LogP contribution in [0.15, 0.2) is 24.3 Å². The molecule has 0 radical (unpaired) electrons. The quantitative estimate of drug-likeness (QED) is 0.851. The third-order valence-corrected chi connectivity index (χ3v) is 3.71. The normalized spacial score (nSPS) is 23.0. The van der Waals surface area contributed by atoms with Crippen molar-refractivity contribution in [3.63, 3.8) is 0 Å². The van der Waals surface area contributed by atoms with E-state index < -0.39 is 0 Å². The van der Waals surface area contributed by atoms with E-state index in [0.29, 0.717) is 12.5 Å². The second-order valence-electron chi connectivity index (χ2n) is 5.09. The number of hydrogen-bond donors (Lipinski definition) is 2. The number of hydrogen-bond acceptors (Lipinski definition) is 2. The Kier molecular flexibility index (Phi) is 4.37. The average molecular weight is 246 g/mol. The van der Waals surface area contributed by atoms with Crippen LogP contribution in [0.1, 0.15) is 31.4 Å². The van der Waals surface area contributed by atoms with Gasteiger partial charge in [0, 0.05) is 6.54 Å². The van der Waals surface area contributed by atoms with Gasteiger partial charge in [-0.2, -0.15) is 0 Å². The number of aryl methyl sites for hydroxylation is 1. The molecule has 2 unspecified atom stereocenters. The van der Waals surface area contributed by atoms with Crippen molar-refractivity contribution < 1.29 is 4.79 Å². The molecule has 0 spiro atoms. The first-order chi connectivity index (χ1) is 8.70. The Morgan fingerprint density at radius 1 is 1.33 bits per heavy atom. The van der Waals surface area contributed by atoms with Crippen LogP contribution in [0.5, 0.6) is 0 Å². The molecule has 1 aliphatic heterocycles. The molecule has 2 rings (SSSR count). The molecular formula is C15H22N2O. The van der Waals surface area contributed by atoms with Crippen LogP contribution in [0.3, 0.4) is 0 Å². The Labute approximate surface area is 109 Å². The highest BCUT2D eigenvalue weighted by Crippen LogP contribution is 2.14. The second kappa shape index (κ2) is 6.01. The number of carbonyl (C=O) groups is 1. The molecule has 3 nitrogen and oxygen atoms in total. The SMILES string of the molecule is CCc1ccc(CNC(=O)C2NCCC2C)cc1. The van der Waals surface area contributed by atoms with E-state index in [1.165, 1.54) is 5.56 Å². The minimum Gasteiger partial charge on any atom is -0.351 e. The fourth-order valence-corrected chi connectivity index (χ4v) is 2.38. The summed E-state index contributed by atoms with van der Waals surface area (Å²) >= 11 is 0. The van der Waals surface area contributed by atoms with Crippen molar-refractivity contribution in [2.24, 2.45) is 5.92 Å². The van der Waals surface area contributed by atoms with Gasteiger partial charge in [0.15, 0.2) is 0 Å². The largest absolute Gasteiger partial charge is 0.351 e. The van der Waals surface area contributed by atoms with E-state index in [2.05, 4.69) is 48.7 Å². The number of benzene rings is 1. The maximum atomic E-state index is 12.0. The van der Waals surface area contributed by atoms with Crippen LogP contribution >= 0.6 is 0 Å². The first-order valence-corrected chi connectivity index (χ1v) is 6.79. The highest BCUT2D eigenvalue weighted by Gasteiger charge is 2.28. The molecule has 18 heavy (non-hydrogen) atoms. The highest BCUT2D eigenvalue weighted by atomic mass is 16.2. The maximum absolute atomic E-state index is 12.0. The van der Waals surface area contributed by atoms with E-state index in [-0.39, 0.29) is 11.9 Å². The fourth-order valence-electron chi connectivity index (χ4n) is 2.38. The molecule has 2 atom stereocenters. The van der Waals surface area contributed by atoms with Gasteiger partial charge in [-0.25, -0.2) is 0 Å². The Bertz CT molecular complexity index is 399. The highest BCUT2D eigenvalue weighted by molar-refractivity contribution is 5.82. The van der Waals surface area contributed by atoms with Crippen molar-refractivity contribution in [1.82, 2.24) is 10.6 Å². The summed E-state index contributed by atoms with van der Waals surface area (Å²) in [4.78, 5) is 12.0. The zero-order chi connectivity index (χ0) is 13.0. The van der Waals surface area contributed by atoms with Gasteiger partial charge >= 0.3 is 0 Å². The van der Waals surface area contributed by atoms with Crippen molar-refractivity contribution in [3.8, 4) is 0 Å². The first-order valence-electron chi connectivity index (χ1n) is 6.79. The van der Waals surface area contributed by atoms with E-state index in [1.54, 1.807) is 0 Å². The summed E-state index contributed by atoms with van der Waals surface area (Å²) in [6.07, 6.45) is 2.14. The van der Waals surface area contributed by atoms with Crippen molar-refractivity contribution in [2.45, 2.75) is 39.3 Å². The van der Waals surface area contributed by atoms with Crippen LogP contribution in [0.2, 0.25) is 0 Å². The summed E-state index contributed by atoms with van der Waals surface area (Å²) in [5, 5.41) is 6.26. The van der Waals surface area contributed by atoms with Crippen LogP contribution < -0.4 is 10.6 Å². The molecule has 1 aromatic rings. The lowest BCUT2D eigenvalue weighted by molar-refractivity contribution is -0.123. The van der Waals surface area contributed by atoms with Crippen LogP contribution in [-0.4, -0.2) is 18.5 Å². The Morgan fingerprint density at radius 2 is 2.00 bits per heavy atom. The molecule has 1 saturated heterocycles. The monoisotopic (exact) mass is 246 g/mol. The number of nitrogens with one attached hydrogen (secondary N) is 2. The average Bonchev–Trinajstić information content (AvgIpc) is 2.83. The van der Waals surface area contributed by atoms with Crippen LogP contribution in [0, 0.1) is 5.92 Å². The molecule has 0 bridgehead atoms. The molecule has 1 fully saturated rings. The lowest BCUT2D eigenvalue weighted by Gasteiger charge is -2.15. The Hall–Kier alpha value is -1.35. The van der Waals surface area contributed by atoms with Gasteiger partial charge < -0.3 is 10.6 Å². The predicted octanol–water partition coefficient (Wildman–Crippen LogP) is 1.86. The molecule has 1 amide bonds. The minimum absolute atomic E-state index is 0.0140. The van der Waals surface area contributed by atoms with E-state index in [1.807, 2.05) is 0 Å². The molecule has 3 heteroatoms. The van der Waals surface area contributed by atoms with Crippen molar-refractivity contribution in [2.75, 3.05) is 6.54 Å². The predicted molar refractivity (Wildman–Crippen MR) is 73.2 cm³/mol. The van der Waals surface area contributed by atoms with Crippen molar-refractivity contribution >= 4 is 5.91 Å². The van der Waals surface area contributed by atoms with Gasteiger partial charge in [0.1, 0.15) is 0 Å². The molecule has 0 saturated carbocycles. The summed E-state index contributed by atoms with van der Waals surface area (Å²) in [7, 11) is 0. The summed E-state index contributed by atoms with van der Waals surface area (Å²) in [6, 6.07) is 8.41. The van der Waals surface area contributed by atoms with E-state index in [9.17, 15) is 4.79 Å². The van der Waals surface area contributed by atoms with Gasteiger partial charge in [-0.1, -0.05) is 38.1 Å². The van der Waals surface area contributed by atoms with Crippen LogP contribution in [0.25, 0.3) is 0 Å². The standard InChI is InChI=1S/C15H22N2O/c1-3-12-4-6-13(7-5-12)10-17-15(18)14-11(2)8-9-16-14/h4-7,11,14,16H,3,8-10H2,1-2H3,(H,17,18). The van der Waals surface area contributed by atoms with E-state index >= 15 is 0 Å². The fraction of sp³-hybridized carbons (Fsp3) is 0.533. The molecule has 0 aromatic heterocycles. The molecule has 1 aliphatic rings. The van der Waals surface area contributed by atoms with Gasteiger partial charge in [-0.05, 0) is 36.4 Å². The summed E-state index contributed by atoms with van der Waals surface area (Å²) in [5.41, 5.74) is 2.49. The van der Waals surface area contributed by atoms with Gasteiger partial charge in [0.2, 0.25) is 5.91 Å². The van der Waals surface area contributed by atoms with Gasteiger partial charge in [0.05, 0.1) is 6.04 Å². The van der Waals surface area contributed by atoms with Gasteiger partial charge in [0.25, 0.3) is 0 Å². The smallest absolute Gasteiger partial charge is 0.237 e. The third-order valence-electron chi connectivity index (χ3n) is 3.71. The zero-order valence-electron chi connectivity index (χ0n) is 11.2. The lowest BCUT2D eigenvalue weighted by atomic mass is 10.0. The summed E-state index contributed by atoms with van der Waals surface area (Å²) < 4.78 is 0. The summed E-state index contributed by atoms with van der Waals surface area (Å²) in [6.45, 7) is 5.84. The van der Waals surface area contributed by atoms with Crippen LogP contribution in [0.4, 0.5) is 0 Å². The Balaban J connectivity index is 1.85. The van der Waals surface area contributed by atoms with Gasteiger partial charge in [-0.3, -0.25) is 4.79 Å². The number of carbonyl (C=O) groups excluding carboxylic acids is 1. The first kappa shape index (κ1) is 13.1. The van der Waals surface area contributed by atoms with Crippen molar-refractivity contribution in [1.29, 1.82) is 0 Å². The molecule has 1 aromatic carbocycles. The lowest BCUT2D eigenvalue weighted by Crippen LogP contribution is -2.42. The minimum atomic E-state index is -0.0140. The molecule has 0 aliphatic carbocycles. The maximum Gasteiger partial charge on any atom is 0.237 e. The van der Waals surface area contributed by atoms with Crippen LogP contribution in [-0.2, 0) is 17.8 Å². The van der Waals surface area contributed by atoms with E-state index in [0.717, 1.165) is 24.9 Å². The molecule has 98 valence electrons. The van der Waals surface area contributed by atoms with Crippen molar-refractivity contribution in [3.05, 3.63) is 35.4 Å². The third kappa shape index (κ3) is 3.10. The molecular weight excluding hydrogens is 224 g/mol. The number of rotatable bonds is 4. The second-order valence-corrected chi connectivity index (χ2v) is 5.09. The number of amides is 1. The molecule has 2 N–H and O–H groups in total. The van der Waals surface area contributed by atoms with Gasteiger partial charge in [-0.15, -0.1) is 0 Å². The zero-order valence-corrected chi connectivity index (χ0v) is 11.2.